The van der Waals surface area contributed by atoms with E-state index in [4.69, 9.17) is 4.74 Å². The molecular weight excluding hydrogens is 258 g/mol. The Morgan fingerprint density at radius 2 is 2.10 bits per heavy atom. The minimum atomic E-state index is -0.300. The van der Waals surface area contributed by atoms with Crippen molar-refractivity contribution in [3.8, 4) is 0 Å². The molecule has 0 bridgehead atoms. The molecule has 0 radical (unpaired) electrons. The Labute approximate surface area is 116 Å². The molecule has 0 fully saturated rings. The molecule has 6 nitrogen and oxygen atoms in total. The van der Waals surface area contributed by atoms with E-state index in [-0.39, 0.29) is 11.6 Å². The second-order valence-electron chi connectivity index (χ2n) is 4.30. The van der Waals surface area contributed by atoms with Crippen LogP contribution in [-0.2, 0) is 11.3 Å². The number of benzene rings is 1. The van der Waals surface area contributed by atoms with Gasteiger partial charge in [-0.1, -0.05) is 30.3 Å². The van der Waals surface area contributed by atoms with Crippen LogP contribution in [0.3, 0.4) is 0 Å². The van der Waals surface area contributed by atoms with Crippen molar-refractivity contribution < 1.29 is 9.53 Å². The number of amides is 1. The summed E-state index contributed by atoms with van der Waals surface area (Å²) in [6, 6.07) is 9.51. The molecule has 0 aliphatic rings. The quantitative estimate of drug-likeness (QED) is 0.758. The van der Waals surface area contributed by atoms with Crippen molar-refractivity contribution >= 4 is 5.91 Å². The number of H-pyrrole nitrogens is 1. The minimum Gasteiger partial charge on any atom is -0.383 e. The number of ether oxygens (including phenoxy) is 1. The smallest absolute Gasteiger partial charge is 0.326 e. The molecule has 0 atom stereocenters. The largest absolute Gasteiger partial charge is 0.383 e. The Hall–Kier alpha value is -2.34. The van der Waals surface area contributed by atoms with Crippen molar-refractivity contribution in [3.05, 3.63) is 58.3 Å². The molecule has 2 rings (SSSR count). The molecule has 20 heavy (non-hydrogen) atoms. The lowest BCUT2D eigenvalue weighted by molar-refractivity contribution is 0.0928. The maximum Gasteiger partial charge on any atom is 0.326 e. The third kappa shape index (κ3) is 3.36. The number of imidazole rings is 1. The number of carbonyl (C=O) groups is 1. The number of hydrogen-bond donors (Lipinski definition) is 2. The summed E-state index contributed by atoms with van der Waals surface area (Å²) in [7, 11) is 1.56. The first-order chi connectivity index (χ1) is 9.72. The molecule has 0 unspecified atom stereocenters. The summed E-state index contributed by atoms with van der Waals surface area (Å²) in [6.45, 7) is 1.19. The maximum absolute atomic E-state index is 12.0. The molecule has 2 aromatic rings. The van der Waals surface area contributed by atoms with E-state index in [0.717, 1.165) is 5.56 Å². The number of rotatable bonds is 6. The Morgan fingerprint density at radius 3 is 2.80 bits per heavy atom. The van der Waals surface area contributed by atoms with Crippen LogP contribution in [0.15, 0.2) is 41.3 Å². The Bertz CT molecular complexity index is 616. The normalized spacial score (nSPS) is 10.4. The zero-order chi connectivity index (χ0) is 14.4. The fourth-order valence-electron chi connectivity index (χ4n) is 1.86. The highest BCUT2D eigenvalue weighted by Crippen LogP contribution is 2.03. The van der Waals surface area contributed by atoms with E-state index in [1.807, 2.05) is 30.3 Å². The van der Waals surface area contributed by atoms with E-state index in [0.29, 0.717) is 25.4 Å². The molecule has 1 amide bonds. The summed E-state index contributed by atoms with van der Waals surface area (Å²) < 4.78 is 6.28. The minimum absolute atomic E-state index is 0.295. The zero-order valence-electron chi connectivity index (χ0n) is 11.3. The first kappa shape index (κ1) is 14.1. The SMILES string of the molecule is COCCNC(=O)c1c[nH]c(=O)n1Cc1ccccc1. The lowest BCUT2D eigenvalue weighted by atomic mass is 10.2. The Balaban J connectivity index is 2.15. The van der Waals surface area contributed by atoms with Gasteiger partial charge >= 0.3 is 5.69 Å². The monoisotopic (exact) mass is 275 g/mol. The van der Waals surface area contributed by atoms with Crippen molar-refractivity contribution in [2.24, 2.45) is 0 Å². The van der Waals surface area contributed by atoms with Crippen LogP contribution >= 0.6 is 0 Å². The van der Waals surface area contributed by atoms with Gasteiger partial charge in [0.2, 0.25) is 0 Å². The molecule has 2 N–H and O–H groups in total. The topological polar surface area (TPSA) is 76.1 Å². The molecule has 6 heteroatoms. The number of methoxy groups -OCH3 is 1. The molecule has 0 saturated heterocycles. The van der Waals surface area contributed by atoms with Crippen molar-refractivity contribution in [2.75, 3.05) is 20.3 Å². The number of aromatic nitrogens is 2. The van der Waals surface area contributed by atoms with Gasteiger partial charge in [0.15, 0.2) is 0 Å². The van der Waals surface area contributed by atoms with Crippen LogP contribution in [-0.4, -0.2) is 35.7 Å². The maximum atomic E-state index is 12.0. The second-order valence-corrected chi connectivity index (χ2v) is 4.30. The van der Waals surface area contributed by atoms with Crippen molar-refractivity contribution in [1.29, 1.82) is 0 Å². The van der Waals surface area contributed by atoms with Crippen molar-refractivity contribution in [2.45, 2.75) is 6.54 Å². The summed E-state index contributed by atoms with van der Waals surface area (Å²) in [5.74, 6) is -0.295. The second kappa shape index (κ2) is 6.72. The number of aromatic amines is 1. The highest BCUT2D eigenvalue weighted by atomic mass is 16.5. The van der Waals surface area contributed by atoms with Crippen LogP contribution in [0.25, 0.3) is 0 Å². The first-order valence-corrected chi connectivity index (χ1v) is 6.31. The number of nitrogens with one attached hydrogen (secondary N) is 2. The van der Waals surface area contributed by atoms with Gasteiger partial charge < -0.3 is 15.0 Å². The highest BCUT2D eigenvalue weighted by molar-refractivity contribution is 5.92. The molecule has 1 heterocycles. The van der Waals surface area contributed by atoms with Crippen molar-refractivity contribution in [3.63, 3.8) is 0 Å². The van der Waals surface area contributed by atoms with Gasteiger partial charge in [0.25, 0.3) is 5.91 Å². The van der Waals surface area contributed by atoms with Gasteiger partial charge in [-0.3, -0.25) is 9.36 Å². The van der Waals surface area contributed by atoms with Gasteiger partial charge in [-0.05, 0) is 5.56 Å². The van der Waals surface area contributed by atoms with Gasteiger partial charge in [-0.25, -0.2) is 4.79 Å². The number of hydrogen-bond acceptors (Lipinski definition) is 3. The van der Waals surface area contributed by atoms with E-state index >= 15 is 0 Å². The third-order valence-electron chi connectivity index (χ3n) is 2.88. The fourth-order valence-corrected chi connectivity index (χ4v) is 1.86. The molecule has 0 saturated carbocycles. The van der Waals surface area contributed by atoms with Gasteiger partial charge in [0.05, 0.1) is 13.2 Å². The van der Waals surface area contributed by atoms with Crippen LogP contribution < -0.4 is 11.0 Å². The zero-order valence-corrected chi connectivity index (χ0v) is 11.3. The van der Waals surface area contributed by atoms with E-state index in [9.17, 15) is 9.59 Å². The predicted octanol–water partition coefficient (Wildman–Crippen LogP) is 0.601. The first-order valence-electron chi connectivity index (χ1n) is 6.31. The summed E-state index contributed by atoms with van der Waals surface area (Å²) in [6.07, 6.45) is 1.42. The summed E-state index contributed by atoms with van der Waals surface area (Å²) in [5, 5.41) is 2.70. The average Bonchev–Trinajstić information content (AvgIpc) is 2.82. The summed E-state index contributed by atoms with van der Waals surface area (Å²) in [4.78, 5) is 26.3. The standard InChI is InChI=1S/C14H17N3O3/c1-20-8-7-15-13(18)12-9-16-14(19)17(12)10-11-5-3-2-4-6-11/h2-6,9H,7-8,10H2,1H3,(H,15,18)(H,16,19). The lowest BCUT2D eigenvalue weighted by Crippen LogP contribution is -2.31. The molecular formula is C14H17N3O3. The Morgan fingerprint density at radius 1 is 1.35 bits per heavy atom. The van der Waals surface area contributed by atoms with E-state index in [1.54, 1.807) is 7.11 Å². The van der Waals surface area contributed by atoms with Gasteiger partial charge in [-0.2, -0.15) is 0 Å². The highest BCUT2D eigenvalue weighted by Gasteiger charge is 2.14. The summed E-state index contributed by atoms with van der Waals surface area (Å²) >= 11 is 0. The van der Waals surface area contributed by atoms with Crippen LogP contribution in [0, 0.1) is 0 Å². The average molecular weight is 275 g/mol. The van der Waals surface area contributed by atoms with Crippen molar-refractivity contribution in [1.82, 2.24) is 14.9 Å². The molecule has 0 aliphatic carbocycles. The molecule has 0 aliphatic heterocycles. The van der Waals surface area contributed by atoms with E-state index in [2.05, 4.69) is 10.3 Å². The predicted molar refractivity (Wildman–Crippen MR) is 74.8 cm³/mol. The van der Waals surface area contributed by atoms with Gasteiger partial charge in [-0.15, -0.1) is 0 Å². The summed E-state index contributed by atoms with van der Waals surface area (Å²) in [5.41, 5.74) is 0.973. The van der Waals surface area contributed by atoms with Crippen LogP contribution in [0.1, 0.15) is 16.1 Å². The van der Waals surface area contributed by atoms with Gasteiger partial charge in [0, 0.05) is 19.9 Å². The lowest BCUT2D eigenvalue weighted by Gasteiger charge is -2.08. The van der Waals surface area contributed by atoms with Crippen LogP contribution in [0.2, 0.25) is 0 Å². The Kier molecular flexibility index (Phi) is 4.73. The number of nitrogens with zero attached hydrogens (tertiary/aromatic N) is 1. The van der Waals surface area contributed by atoms with Crippen LogP contribution in [0.4, 0.5) is 0 Å². The van der Waals surface area contributed by atoms with E-state index < -0.39 is 0 Å². The molecule has 106 valence electrons. The third-order valence-corrected chi connectivity index (χ3v) is 2.88. The molecule has 0 spiro atoms. The molecule has 1 aromatic heterocycles. The fraction of sp³-hybridized carbons (Fsp3) is 0.286. The van der Waals surface area contributed by atoms with Crippen LogP contribution in [0.5, 0.6) is 0 Å². The van der Waals surface area contributed by atoms with E-state index in [1.165, 1.54) is 10.8 Å². The number of carbonyl (C=O) groups excluding carboxylic acids is 1. The molecule has 1 aromatic carbocycles. The van der Waals surface area contributed by atoms with Gasteiger partial charge in [0.1, 0.15) is 5.69 Å².